The van der Waals surface area contributed by atoms with Crippen LogP contribution in [-0.2, 0) is 6.54 Å². The second-order valence-corrected chi connectivity index (χ2v) is 3.80. The van der Waals surface area contributed by atoms with Crippen molar-refractivity contribution in [1.82, 2.24) is 14.8 Å². The molecular weight excluding hydrogens is 236 g/mol. The summed E-state index contributed by atoms with van der Waals surface area (Å²) in [5.74, 6) is 1.54. The Morgan fingerprint density at radius 1 is 1.41 bits per heavy atom. The topological polar surface area (TPSA) is 68.9 Å². The van der Waals surface area contributed by atoms with Crippen LogP contribution < -0.4 is 10.5 Å². The summed E-state index contributed by atoms with van der Waals surface area (Å²) in [5, 5.41) is 6.79. The van der Waals surface area contributed by atoms with Crippen molar-refractivity contribution in [3.05, 3.63) is 34.9 Å². The van der Waals surface area contributed by atoms with Crippen molar-refractivity contribution in [2.24, 2.45) is 5.73 Å². The minimum absolute atomic E-state index is 0.334. The van der Waals surface area contributed by atoms with Crippen molar-refractivity contribution in [1.29, 1.82) is 0 Å². The molecule has 0 aliphatic rings. The molecule has 0 atom stereocenters. The molecule has 0 radical (unpaired) electrons. The van der Waals surface area contributed by atoms with Gasteiger partial charge in [-0.3, -0.25) is 9.67 Å². The van der Waals surface area contributed by atoms with Gasteiger partial charge < -0.3 is 10.5 Å². The fourth-order valence-electron chi connectivity index (χ4n) is 1.59. The van der Waals surface area contributed by atoms with Gasteiger partial charge >= 0.3 is 0 Å². The zero-order chi connectivity index (χ0) is 12.3. The lowest BCUT2D eigenvalue weighted by atomic mass is 10.3. The van der Waals surface area contributed by atoms with Crippen LogP contribution in [0.3, 0.4) is 0 Å². The van der Waals surface area contributed by atoms with Gasteiger partial charge in [-0.15, -0.1) is 0 Å². The molecule has 2 rings (SSSR count). The summed E-state index contributed by atoms with van der Waals surface area (Å²) in [5.41, 5.74) is 6.53. The number of nitrogens with one attached hydrogen (secondary N) is 1. The molecule has 5 nitrogen and oxygen atoms in total. The first-order valence-corrected chi connectivity index (χ1v) is 5.76. The van der Waals surface area contributed by atoms with E-state index in [-0.39, 0.29) is 0 Å². The lowest BCUT2D eigenvalue weighted by Gasteiger charge is -2.07. The fourth-order valence-corrected chi connectivity index (χ4v) is 1.85. The predicted molar refractivity (Wildman–Crippen MR) is 67.8 cm³/mol. The molecule has 0 amide bonds. The van der Waals surface area contributed by atoms with Crippen LogP contribution in [-0.4, -0.2) is 21.4 Å². The van der Waals surface area contributed by atoms with E-state index in [1.807, 2.05) is 35.8 Å². The highest BCUT2D eigenvalue weighted by Gasteiger charge is 2.06. The van der Waals surface area contributed by atoms with Crippen LogP contribution in [0.2, 0.25) is 0 Å². The normalized spacial score (nSPS) is 10.5. The molecule has 3 N–H and O–H groups in total. The Morgan fingerprint density at radius 2 is 2.12 bits per heavy atom. The Hall–Kier alpha value is -1.66. The molecule has 90 valence electrons. The Balaban J connectivity index is 2.39. The number of rotatable bonds is 4. The minimum atomic E-state index is 0.334. The number of aromatic amines is 1. The Bertz CT molecular complexity index is 543. The van der Waals surface area contributed by atoms with Gasteiger partial charge in [-0.1, -0.05) is 0 Å². The SMILES string of the molecule is CCOc1ccc(-n2c(CN)n[nH]c2=S)cc1. The molecule has 0 spiro atoms. The fraction of sp³-hybridized carbons (Fsp3) is 0.273. The van der Waals surface area contributed by atoms with Gasteiger partial charge in [0.2, 0.25) is 0 Å². The highest BCUT2D eigenvalue weighted by molar-refractivity contribution is 7.71. The van der Waals surface area contributed by atoms with E-state index in [0.29, 0.717) is 23.7 Å². The van der Waals surface area contributed by atoms with Gasteiger partial charge in [-0.05, 0) is 43.4 Å². The Morgan fingerprint density at radius 3 is 2.71 bits per heavy atom. The predicted octanol–water partition coefficient (Wildman–Crippen LogP) is 1.79. The van der Waals surface area contributed by atoms with Crippen LogP contribution >= 0.6 is 12.2 Å². The van der Waals surface area contributed by atoms with Gasteiger partial charge in [-0.2, -0.15) is 5.10 Å². The Labute approximate surface area is 104 Å². The van der Waals surface area contributed by atoms with Gasteiger partial charge in [0.15, 0.2) is 4.77 Å². The second-order valence-electron chi connectivity index (χ2n) is 3.41. The molecule has 0 bridgehead atoms. The number of nitrogens with two attached hydrogens (primary N) is 1. The van der Waals surface area contributed by atoms with Crippen molar-refractivity contribution < 1.29 is 4.74 Å². The van der Waals surface area contributed by atoms with E-state index in [1.54, 1.807) is 0 Å². The number of ether oxygens (including phenoxy) is 1. The summed E-state index contributed by atoms with van der Waals surface area (Å²) >= 11 is 5.16. The number of hydrogen-bond acceptors (Lipinski definition) is 4. The summed E-state index contributed by atoms with van der Waals surface area (Å²) in [4.78, 5) is 0. The first-order chi connectivity index (χ1) is 8.26. The smallest absolute Gasteiger partial charge is 0.199 e. The number of aromatic nitrogens is 3. The third kappa shape index (κ3) is 2.37. The maximum absolute atomic E-state index is 5.60. The van der Waals surface area contributed by atoms with E-state index in [0.717, 1.165) is 11.4 Å². The van der Waals surface area contributed by atoms with Gasteiger partial charge in [0.1, 0.15) is 11.6 Å². The van der Waals surface area contributed by atoms with Gasteiger partial charge in [-0.25, -0.2) is 0 Å². The van der Waals surface area contributed by atoms with Crippen LogP contribution in [0, 0.1) is 4.77 Å². The quantitative estimate of drug-likeness (QED) is 0.812. The lowest BCUT2D eigenvalue weighted by Crippen LogP contribution is -2.06. The standard InChI is InChI=1S/C11H14N4OS/c1-2-16-9-5-3-8(4-6-9)15-10(7-12)13-14-11(15)17/h3-6H,2,7,12H2,1H3,(H,14,17). The van der Waals surface area contributed by atoms with Gasteiger partial charge in [0.05, 0.1) is 13.2 Å². The highest BCUT2D eigenvalue weighted by Crippen LogP contribution is 2.16. The first-order valence-electron chi connectivity index (χ1n) is 5.36. The summed E-state index contributed by atoms with van der Waals surface area (Å²) in [7, 11) is 0. The van der Waals surface area contributed by atoms with Crippen molar-refractivity contribution in [2.75, 3.05) is 6.61 Å². The van der Waals surface area contributed by atoms with Crippen LogP contribution in [0.5, 0.6) is 5.75 Å². The van der Waals surface area contributed by atoms with E-state index in [9.17, 15) is 0 Å². The number of nitrogens with zero attached hydrogens (tertiary/aromatic N) is 2. The van der Waals surface area contributed by atoms with Crippen molar-refractivity contribution in [2.45, 2.75) is 13.5 Å². The lowest BCUT2D eigenvalue weighted by molar-refractivity contribution is 0.340. The molecule has 0 fully saturated rings. The first kappa shape index (κ1) is 11.8. The van der Waals surface area contributed by atoms with Crippen molar-refractivity contribution in [3.8, 4) is 11.4 Å². The largest absolute Gasteiger partial charge is 0.494 e. The summed E-state index contributed by atoms with van der Waals surface area (Å²) in [6, 6.07) is 7.65. The van der Waals surface area contributed by atoms with E-state index in [4.69, 9.17) is 22.7 Å². The molecule has 1 aromatic heterocycles. The molecular formula is C11H14N4OS. The highest BCUT2D eigenvalue weighted by atomic mass is 32.1. The molecule has 1 heterocycles. The number of benzene rings is 1. The number of H-pyrrole nitrogens is 1. The third-order valence-corrected chi connectivity index (χ3v) is 2.60. The van der Waals surface area contributed by atoms with E-state index in [2.05, 4.69) is 10.2 Å². The molecule has 2 aromatic rings. The molecule has 0 unspecified atom stereocenters. The molecule has 0 saturated heterocycles. The summed E-state index contributed by atoms with van der Waals surface area (Å²) in [6.07, 6.45) is 0. The van der Waals surface area contributed by atoms with E-state index < -0.39 is 0 Å². The van der Waals surface area contributed by atoms with Crippen LogP contribution in [0.25, 0.3) is 5.69 Å². The monoisotopic (exact) mass is 250 g/mol. The summed E-state index contributed by atoms with van der Waals surface area (Å²) in [6.45, 7) is 2.94. The average molecular weight is 250 g/mol. The van der Waals surface area contributed by atoms with Crippen molar-refractivity contribution >= 4 is 12.2 Å². The van der Waals surface area contributed by atoms with Gasteiger partial charge in [0, 0.05) is 5.69 Å². The molecule has 0 aliphatic carbocycles. The van der Waals surface area contributed by atoms with E-state index in [1.165, 1.54) is 0 Å². The second kappa shape index (κ2) is 5.11. The average Bonchev–Trinajstić information content (AvgIpc) is 2.72. The Kier molecular flexibility index (Phi) is 3.55. The van der Waals surface area contributed by atoms with Gasteiger partial charge in [0.25, 0.3) is 0 Å². The van der Waals surface area contributed by atoms with E-state index >= 15 is 0 Å². The minimum Gasteiger partial charge on any atom is -0.494 e. The maximum Gasteiger partial charge on any atom is 0.199 e. The zero-order valence-electron chi connectivity index (χ0n) is 9.51. The maximum atomic E-state index is 5.60. The van der Waals surface area contributed by atoms with Crippen molar-refractivity contribution in [3.63, 3.8) is 0 Å². The molecule has 6 heteroatoms. The number of hydrogen-bond donors (Lipinski definition) is 2. The third-order valence-electron chi connectivity index (χ3n) is 2.33. The molecule has 0 saturated carbocycles. The molecule has 0 aliphatic heterocycles. The van der Waals surface area contributed by atoms with Crippen LogP contribution in [0.15, 0.2) is 24.3 Å². The molecule has 1 aromatic carbocycles. The van der Waals surface area contributed by atoms with Crippen LogP contribution in [0.1, 0.15) is 12.7 Å². The molecule has 17 heavy (non-hydrogen) atoms. The van der Waals surface area contributed by atoms with Crippen LogP contribution in [0.4, 0.5) is 0 Å². The summed E-state index contributed by atoms with van der Waals surface area (Å²) < 4.78 is 7.73. The zero-order valence-corrected chi connectivity index (χ0v) is 10.3.